The lowest BCUT2D eigenvalue weighted by molar-refractivity contribution is 0.445. The van der Waals surface area contributed by atoms with Crippen LogP contribution < -0.4 is 5.73 Å². The third kappa shape index (κ3) is 2.46. The quantitative estimate of drug-likeness (QED) is 0.849. The van der Waals surface area contributed by atoms with Crippen LogP contribution in [-0.2, 0) is 0 Å². The summed E-state index contributed by atoms with van der Waals surface area (Å²) in [6, 6.07) is 0.791. The molecule has 1 aliphatic rings. The van der Waals surface area contributed by atoms with Crippen LogP contribution in [-0.4, -0.2) is 9.55 Å². The van der Waals surface area contributed by atoms with E-state index in [0.717, 1.165) is 6.42 Å². The fraction of sp³-hybridized carbons (Fsp3) is 0.769. The van der Waals surface area contributed by atoms with E-state index in [1.807, 2.05) is 12.5 Å². The van der Waals surface area contributed by atoms with Gasteiger partial charge in [0.15, 0.2) is 0 Å². The maximum atomic E-state index is 6.25. The van der Waals surface area contributed by atoms with E-state index in [1.165, 1.54) is 31.4 Å². The van der Waals surface area contributed by atoms with Gasteiger partial charge < -0.3 is 10.3 Å². The zero-order chi connectivity index (χ0) is 11.5. The Kier molecular flexibility index (Phi) is 3.64. The second-order valence-corrected chi connectivity index (χ2v) is 5.40. The molecule has 1 aliphatic carbocycles. The zero-order valence-electron chi connectivity index (χ0n) is 10.4. The van der Waals surface area contributed by atoms with Gasteiger partial charge >= 0.3 is 0 Å². The van der Waals surface area contributed by atoms with Gasteiger partial charge in [0.25, 0.3) is 0 Å². The summed E-state index contributed by atoms with van der Waals surface area (Å²) >= 11 is 0. The van der Waals surface area contributed by atoms with Crippen LogP contribution in [0.5, 0.6) is 0 Å². The highest BCUT2D eigenvalue weighted by molar-refractivity contribution is 5.06. The number of hydrogen-bond acceptors (Lipinski definition) is 2. The smallest absolute Gasteiger partial charge is 0.0951 e. The lowest BCUT2D eigenvalue weighted by Crippen LogP contribution is -2.19. The minimum Gasteiger partial charge on any atom is -0.330 e. The molecule has 16 heavy (non-hydrogen) atoms. The van der Waals surface area contributed by atoms with Crippen LogP contribution in [0.1, 0.15) is 63.7 Å². The normalized spacial score (nSPS) is 19.5. The molecule has 2 rings (SSSR count). The van der Waals surface area contributed by atoms with Gasteiger partial charge in [-0.3, -0.25) is 0 Å². The Morgan fingerprint density at radius 2 is 2.12 bits per heavy atom. The van der Waals surface area contributed by atoms with Crippen molar-refractivity contribution in [3.63, 3.8) is 0 Å². The van der Waals surface area contributed by atoms with Crippen molar-refractivity contribution in [1.29, 1.82) is 0 Å². The molecule has 0 spiro atoms. The third-order valence-electron chi connectivity index (χ3n) is 3.52. The van der Waals surface area contributed by atoms with Crippen LogP contribution in [0.3, 0.4) is 0 Å². The Bertz CT molecular complexity index is 324. The summed E-state index contributed by atoms with van der Waals surface area (Å²) in [7, 11) is 0. The summed E-state index contributed by atoms with van der Waals surface area (Å²) in [4.78, 5) is 4.28. The van der Waals surface area contributed by atoms with Gasteiger partial charge in [0, 0.05) is 18.3 Å². The van der Waals surface area contributed by atoms with Crippen molar-refractivity contribution in [2.24, 2.45) is 11.7 Å². The zero-order valence-corrected chi connectivity index (χ0v) is 10.4. The molecule has 1 saturated carbocycles. The Hall–Kier alpha value is -0.830. The average molecular weight is 221 g/mol. The molecule has 0 saturated heterocycles. The average Bonchev–Trinajstić information content (AvgIpc) is 2.87. The van der Waals surface area contributed by atoms with Gasteiger partial charge in [0.05, 0.1) is 12.0 Å². The standard InChI is InChI=1S/C13H23N3/c1-10(2)7-12(14)13-8-15-9-16(13)11-5-3-4-6-11/h8-12H,3-7,14H2,1-2H3. The van der Waals surface area contributed by atoms with E-state index >= 15 is 0 Å². The molecule has 3 nitrogen and oxygen atoms in total. The van der Waals surface area contributed by atoms with E-state index in [-0.39, 0.29) is 6.04 Å². The van der Waals surface area contributed by atoms with Crippen molar-refractivity contribution >= 4 is 0 Å². The molecule has 0 radical (unpaired) electrons. The first kappa shape index (κ1) is 11.6. The summed E-state index contributed by atoms with van der Waals surface area (Å²) in [5.41, 5.74) is 7.47. The van der Waals surface area contributed by atoms with Crippen molar-refractivity contribution in [2.75, 3.05) is 0 Å². The highest BCUT2D eigenvalue weighted by Crippen LogP contribution is 2.32. The third-order valence-corrected chi connectivity index (χ3v) is 3.52. The first-order chi connectivity index (χ1) is 7.68. The minimum atomic E-state index is 0.142. The molecule has 90 valence electrons. The molecule has 1 aromatic heterocycles. The summed E-state index contributed by atoms with van der Waals surface area (Å²) in [5.74, 6) is 0.641. The number of hydrogen-bond donors (Lipinski definition) is 1. The summed E-state index contributed by atoms with van der Waals surface area (Å²) in [6.07, 6.45) is 10.2. The predicted molar refractivity (Wildman–Crippen MR) is 66.1 cm³/mol. The Morgan fingerprint density at radius 3 is 2.75 bits per heavy atom. The highest BCUT2D eigenvalue weighted by Gasteiger charge is 2.21. The van der Waals surface area contributed by atoms with Gasteiger partial charge in [-0.1, -0.05) is 26.7 Å². The van der Waals surface area contributed by atoms with Crippen molar-refractivity contribution in [3.8, 4) is 0 Å². The van der Waals surface area contributed by atoms with Crippen molar-refractivity contribution in [2.45, 2.75) is 58.0 Å². The molecule has 0 amide bonds. The number of nitrogens with two attached hydrogens (primary N) is 1. The van der Waals surface area contributed by atoms with Gasteiger partial charge in [-0.15, -0.1) is 0 Å². The topological polar surface area (TPSA) is 43.8 Å². The molecular formula is C13H23N3. The van der Waals surface area contributed by atoms with Crippen LogP contribution in [0.2, 0.25) is 0 Å². The fourth-order valence-corrected chi connectivity index (χ4v) is 2.72. The van der Waals surface area contributed by atoms with E-state index in [0.29, 0.717) is 12.0 Å². The molecule has 1 atom stereocenters. The minimum absolute atomic E-state index is 0.142. The summed E-state index contributed by atoms with van der Waals surface area (Å²) in [6.45, 7) is 4.44. The van der Waals surface area contributed by atoms with Gasteiger partial charge in [-0.2, -0.15) is 0 Å². The molecule has 0 bridgehead atoms. The Labute approximate surface area is 98.1 Å². The Morgan fingerprint density at radius 1 is 1.44 bits per heavy atom. The largest absolute Gasteiger partial charge is 0.330 e. The molecule has 3 heteroatoms. The second kappa shape index (κ2) is 5.00. The first-order valence-corrected chi connectivity index (χ1v) is 6.45. The lowest BCUT2D eigenvalue weighted by atomic mass is 10.0. The molecule has 1 aromatic rings. The van der Waals surface area contributed by atoms with Crippen LogP contribution in [0.15, 0.2) is 12.5 Å². The molecule has 1 heterocycles. The highest BCUT2D eigenvalue weighted by atomic mass is 15.1. The van der Waals surface area contributed by atoms with E-state index in [9.17, 15) is 0 Å². The second-order valence-electron chi connectivity index (χ2n) is 5.40. The monoisotopic (exact) mass is 221 g/mol. The molecule has 1 fully saturated rings. The van der Waals surface area contributed by atoms with Crippen molar-refractivity contribution < 1.29 is 0 Å². The summed E-state index contributed by atoms with van der Waals surface area (Å²) in [5, 5.41) is 0. The first-order valence-electron chi connectivity index (χ1n) is 6.45. The molecule has 2 N–H and O–H groups in total. The van der Waals surface area contributed by atoms with Crippen LogP contribution >= 0.6 is 0 Å². The van der Waals surface area contributed by atoms with E-state index in [1.54, 1.807) is 0 Å². The maximum absolute atomic E-state index is 6.25. The summed E-state index contributed by atoms with van der Waals surface area (Å²) < 4.78 is 2.32. The maximum Gasteiger partial charge on any atom is 0.0951 e. The van der Waals surface area contributed by atoms with Crippen molar-refractivity contribution in [1.82, 2.24) is 9.55 Å². The molecular weight excluding hydrogens is 198 g/mol. The lowest BCUT2D eigenvalue weighted by Gasteiger charge is -2.20. The SMILES string of the molecule is CC(C)CC(N)c1cncn1C1CCCC1. The van der Waals surface area contributed by atoms with Gasteiger partial charge in [-0.25, -0.2) is 4.98 Å². The molecule has 0 aromatic carbocycles. The predicted octanol–water partition coefficient (Wildman–Crippen LogP) is 3.04. The van der Waals surface area contributed by atoms with Crippen LogP contribution in [0, 0.1) is 5.92 Å². The van der Waals surface area contributed by atoms with E-state index < -0.39 is 0 Å². The number of rotatable bonds is 4. The number of imidazole rings is 1. The van der Waals surface area contributed by atoms with Gasteiger partial charge in [0.2, 0.25) is 0 Å². The Balaban J connectivity index is 2.11. The van der Waals surface area contributed by atoms with Crippen molar-refractivity contribution in [3.05, 3.63) is 18.2 Å². The van der Waals surface area contributed by atoms with E-state index in [4.69, 9.17) is 5.73 Å². The molecule has 0 aliphatic heterocycles. The van der Waals surface area contributed by atoms with Crippen LogP contribution in [0.25, 0.3) is 0 Å². The van der Waals surface area contributed by atoms with Crippen LogP contribution in [0.4, 0.5) is 0 Å². The number of nitrogens with zero attached hydrogens (tertiary/aromatic N) is 2. The molecule has 1 unspecified atom stereocenters. The number of aromatic nitrogens is 2. The van der Waals surface area contributed by atoms with E-state index in [2.05, 4.69) is 23.4 Å². The fourth-order valence-electron chi connectivity index (χ4n) is 2.72. The van der Waals surface area contributed by atoms with Gasteiger partial charge in [-0.05, 0) is 25.2 Å². The van der Waals surface area contributed by atoms with Gasteiger partial charge in [0.1, 0.15) is 0 Å².